The van der Waals surface area contributed by atoms with E-state index in [0.29, 0.717) is 12.4 Å². The Hall–Kier alpha value is -2.03. The Morgan fingerprint density at radius 1 is 1.06 bits per heavy atom. The van der Waals surface area contributed by atoms with Gasteiger partial charge in [-0.1, -0.05) is 30.3 Å². The van der Waals surface area contributed by atoms with E-state index in [-0.39, 0.29) is 5.82 Å². The molecule has 0 aliphatic rings. The molecule has 0 radical (unpaired) electrons. The number of hydrogen-bond donors (Lipinski definition) is 0. The van der Waals surface area contributed by atoms with Gasteiger partial charge in [-0.15, -0.1) is 0 Å². The van der Waals surface area contributed by atoms with E-state index in [1.807, 2.05) is 49.3 Å². The van der Waals surface area contributed by atoms with Crippen LogP contribution in [0.25, 0.3) is 0 Å². The van der Waals surface area contributed by atoms with E-state index in [1.54, 1.807) is 6.07 Å². The van der Waals surface area contributed by atoms with Crippen LogP contribution >= 0.6 is 0 Å². The summed E-state index contributed by atoms with van der Waals surface area (Å²) in [4.78, 5) is 1.90. The van der Waals surface area contributed by atoms with Crippen LogP contribution in [0.1, 0.15) is 5.56 Å². The van der Waals surface area contributed by atoms with Crippen molar-refractivity contribution in [2.45, 2.75) is 6.61 Å². The summed E-state index contributed by atoms with van der Waals surface area (Å²) in [7, 11) is 3.81. The molecule has 3 heteroatoms. The van der Waals surface area contributed by atoms with Crippen LogP contribution in [0.4, 0.5) is 10.1 Å². The Labute approximate surface area is 107 Å². The van der Waals surface area contributed by atoms with Crippen molar-refractivity contribution < 1.29 is 9.13 Å². The molecule has 94 valence electrons. The summed E-state index contributed by atoms with van der Waals surface area (Å²) in [5.41, 5.74) is 1.93. The molecule has 0 saturated heterocycles. The summed E-state index contributed by atoms with van der Waals surface area (Å²) in [6.45, 7) is 0.436. The van der Waals surface area contributed by atoms with E-state index in [0.717, 1.165) is 11.3 Å². The van der Waals surface area contributed by atoms with Gasteiger partial charge in [-0.25, -0.2) is 4.39 Å². The molecule has 0 N–H and O–H groups in total. The van der Waals surface area contributed by atoms with Crippen LogP contribution in [0, 0.1) is 5.82 Å². The van der Waals surface area contributed by atoms with Gasteiger partial charge in [0, 0.05) is 20.2 Å². The van der Waals surface area contributed by atoms with Crippen molar-refractivity contribution in [3.63, 3.8) is 0 Å². The van der Waals surface area contributed by atoms with Crippen molar-refractivity contribution in [3.8, 4) is 5.75 Å². The molecule has 0 aromatic heterocycles. The van der Waals surface area contributed by atoms with Crippen LogP contribution in [-0.2, 0) is 6.61 Å². The number of halogens is 1. The lowest BCUT2D eigenvalue weighted by molar-refractivity contribution is 0.305. The molecular formula is C15H16FNO. The van der Waals surface area contributed by atoms with Crippen LogP contribution in [0.2, 0.25) is 0 Å². The fraction of sp³-hybridized carbons (Fsp3) is 0.200. The Kier molecular flexibility index (Phi) is 3.82. The Morgan fingerprint density at radius 3 is 2.44 bits per heavy atom. The maximum atomic E-state index is 13.2. The first kappa shape index (κ1) is 12.4. The second kappa shape index (κ2) is 5.54. The van der Waals surface area contributed by atoms with Gasteiger partial charge in [0.05, 0.1) is 5.69 Å². The minimum absolute atomic E-state index is 0.288. The third-order valence-electron chi connectivity index (χ3n) is 2.64. The van der Waals surface area contributed by atoms with Gasteiger partial charge in [-0.05, 0) is 17.7 Å². The van der Waals surface area contributed by atoms with Crippen LogP contribution < -0.4 is 9.64 Å². The zero-order valence-electron chi connectivity index (χ0n) is 10.6. The molecule has 2 rings (SSSR count). The lowest BCUT2D eigenvalue weighted by Crippen LogP contribution is -2.11. The van der Waals surface area contributed by atoms with E-state index in [1.165, 1.54) is 12.1 Å². The number of hydrogen-bond acceptors (Lipinski definition) is 2. The molecule has 0 spiro atoms. The summed E-state index contributed by atoms with van der Waals surface area (Å²) >= 11 is 0. The van der Waals surface area contributed by atoms with Crippen molar-refractivity contribution in [1.82, 2.24) is 0 Å². The van der Waals surface area contributed by atoms with Crippen LogP contribution in [0.15, 0.2) is 48.5 Å². The van der Waals surface area contributed by atoms with Gasteiger partial charge in [0.25, 0.3) is 0 Å². The molecule has 2 aromatic rings. The predicted molar refractivity (Wildman–Crippen MR) is 71.5 cm³/mol. The maximum Gasteiger partial charge on any atom is 0.146 e. The molecule has 0 unspecified atom stereocenters. The zero-order chi connectivity index (χ0) is 13.0. The molecule has 0 aliphatic carbocycles. The molecular weight excluding hydrogens is 229 g/mol. The van der Waals surface area contributed by atoms with Gasteiger partial charge in [0.15, 0.2) is 0 Å². The fourth-order valence-corrected chi connectivity index (χ4v) is 1.71. The summed E-state index contributed by atoms with van der Waals surface area (Å²) < 4.78 is 18.9. The van der Waals surface area contributed by atoms with Gasteiger partial charge < -0.3 is 9.64 Å². The highest BCUT2D eigenvalue weighted by molar-refractivity contribution is 5.57. The van der Waals surface area contributed by atoms with Gasteiger partial charge in [-0.3, -0.25) is 0 Å². The Bertz CT molecular complexity index is 511. The topological polar surface area (TPSA) is 12.5 Å². The van der Waals surface area contributed by atoms with Crippen molar-refractivity contribution in [2.75, 3.05) is 19.0 Å². The van der Waals surface area contributed by atoms with E-state index >= 15 is 0 Å². The molecule has 0 aliphatic heterocycles. The monoisotopic (exact) mass is 245 g/mol. The summed E-state index contributed by atoms with van der Waals surface area (Å²) in [6, 6.07) is 14.4. The summed E-state index contributed by atoms with van der Waals surface area (Å²) in [5.74, 6) is 0.271. The lowest BCUT2D eigenvalue weighted by atomic mass is 10.2. The number of ether oxygens (including phenoxy) is 1. The van der Waals surface area contributed by atoms with Gasteiger partial charge in [0.1, 0.15) is 18.2 Å². The molecule has 2 aromatic carbocycles. The highest BCUT2D eigenvalue weighted by atomic mass is 19.1. The molecule has 18 heavy (non-hydrogen) atoms. The minimum Gasteiger partial charge on any atom is -0.487 e. The maximum absolute atomic E-state index is 13.2. The molecule has 0 heterocycles. The van der Waals surface area contributed by atoms with Crippen molar-refractivity contribution in [2.24, 2.45) is 0 Å². The third kappa shape index (κ3) is 3.00. The highest BCUT2D eigenvalue weighted by Gasteiger charge is 2.07. The smallest absolute Gasteiger partial charge is 0.146 e. The minimum atomic E-state index is -0.288. The number of rotatable bonds is 4. The van der Waals surface area contributed by atoms with E-state index in [2.05, 4.69) is 0 Å². The normalized spacial score (nSPS) is 10.2. The average Bonchev–Trinajstić information content (AvgIpc) is 2.37. The first-order valence-electron chi connectivity index (χ1n) is 5.80. The number of anilines is 1. The van der Waals surface area contributed by atoms with Gasteiger partial charge in [0.2, 0.25) is 0 Å². The first-order valence-corrected chi connectivity index (χ1v) is 5.80. The Morgan fingerprint density at radius 2 is 1.78 bits per heavy atom. The summed E-state index contributed by atoms with van der Waals surface area (Å²) in [6.07, 6.45) is 0. The SMILES string of the molecule is CN(C)c1ccc(F)cc1OCc1ccccc1. The molecule has 0 fully saturated rings. The second-order valence-electron chi connectivity index (χ2n) is 4.28. The zero-order valence-corrected chi connectivity index (χ0v) is 10.6. The Balaban J connectivity index is 2.15. The number of nitrogens with zero attached hydrogens (tertiary/aromatic N) is 1. The number of benzene rings is 2. The fourth-order valence-electron chi connectivity index (χ4n) is 1.71. The standard InChI is InChI=1S/C15H16FNO/c1-17(2)14-9-8-13(16)10-15(14)18-11-12-6-4-3-5-7-12/h3-10H,11H2,1-2H3. The highest BCUT2D eigenvalue weighted by Crippen LogP contribution is 2.28. The molecule has 0 bridgehead atoms. The summed E-state index contributed by atoms with van der Waals surface area (Å²) in [5, 5.41) is 0. The van der Waals surface area contributed by atoms with Crippen molar-refractivity contribution in [1.29, 1.82) is 0 Å². The molecule has 2 nitrogen and oxygen atoms in total. The first-order chi connectivity index (χ1) is 8.66. The van der Waals surface area contributed by atoms with Crippen molar-refractivity contribution in [3.05, 3.63) is 59.9 Å². The largest absolute Gasteiger partial charge is 0.487 e. The average molecular weight is 245 g/mol. The van der Waals surface area contributed by atoms with E-state index in [4.69, 9.17) is 4.74 Å². The van der Waals surface area contributed by atoms with E-state index in [9.17, 15) is 4.39 Å². The van der Waals surface area contributed by atoms with Gasteiger partial charge in [-0.2, -0.15) is 0 Å². The lowest BCUT2D eigenvalue weighted by Gasteiger charge is -2.17. The predicted octanol–water partition coefficient (Wildman–Crippen LogP) is 3.47. The molecule has 0 amide bonds. The third-order valence-corrected chi connectivity index (χ3v) is 2.64. The van der Waals surface area contributed by atoms with Crippen LogP contribution in [0.3, 0.4) is 0 Å². The second-order valence-corrected chi connectivity index (χ2v) is 4.28. The van der Waals surface area contributed by atoms with Crippen molar-refractivity contribution >= 4 is 5.69 Å². The quantitative estimate of drug-likeness (QED) is 0.817. The molecule has 0 saturated carbocycles. The van der Waals surface area contributed by atoms with E-state index < -0.39 is 0 Å². The van der Waals surface area contributed by atoms with Crippen LogP contribution in [-0.4, -0.2) is 14.1 Å². The van der Waals surface area contributed by atoms with Crippen LogP contribution in [0.5, 0.6) is 5.75 Å². The molecule has 0 atom stereocenters. The van der Waals surface area contributed by atoms with Gasteiger partial charge >= 0.3 is 0 Å².